The lowest BCUT2D eigenvalue weighted by atomic mass is 9.85. The van der Waals surface area contributed by atoms with Gasteiger partial charge in [0.2, 0.25) is 11.8 Å². The van der Waals surface area contributed by atoms with Crippen molar-refractivity contribution in [3.05, 3.63) is 115 Å². The molecule has 4 amide bonds. The number of nitrogens with zero attached hydrogens (tertiary/aromatic N) is 2. The normalized spacial score (nSPS) is 16.1. The van der Waals surface area contributed by atoms with E-state index in [0.717, 1.165) is 5.56 Å². The van der Waals surface area contributed by atoms with E-state index in [1.807, 2.05) is 42.5 Å². The second-order valence-electron chi connectivity index (χ2n) is 16.5. The standard InChI is InChI=1S/C45H49N5O9S/c1-44(2,3)39(48-43(54)59-45(4,5)6)42(53)50-27-32(58-38-26-35(28-15-10-8-11-16-28)47-36-24-31(57-7)21-22-34(36)38)25-37(50)41(52)46-30-18-14-17-29(23-30)40(51)49-60(55,56)33-19-12-9-13-20-33/h8-24,26,32,37,39H,25,27H2,1-7H3,(H,46,52)(H,48,54)(H,49,51)/t32-,37?,39-/m1/s1. The number of sulfonamides is 1. The van der Waals surface area contributed by atoms with Crippen LogP contribution in [0.1, 0.15) is 58.3 Å². The summed E-state index contributed by atoms with van der Waals surface area (Å²) in [5.74, 6) is -0.954. The fraction of sp³-hybridized carbons (Fsp3) is 0.311. The van der Waals surface area contributed by atoms with Crippen LogP contribution in [0.3, 0.4) is 0 Å². The zero-order valence-corrected chi connectivity index (χ0v) is 35.3. The maximum absolute atomic E-state index is 14.7. The van der Waals surface area contributed by atoms with Gasteiger partial charge in [-0.3, -0.25) is 14.4 Å². The molecule has 0 radical (unpaired) electrons. The lowest BCUT2D eigenvalue weighted by Crippen LogP contribution is -2.57. The van der Waals surface area contributed by atoms with Gasteiger partial charge in [0.1, 0.15) is 35.3 Å². The maximum Gasteiger partial charge on any atom is 0.408 e. The van der Waals surface area contributed by atoms with Gasteiger partial charge in [-0.1, -0.05) is 75.4 Å². The molecule has 3 N–H and O–H groups in total. The van der Waals surface area contributed by atoms with E-state index in [4.69, 9.17) is 19.2 Å². The first-order valence-electron chi connectivity index (χ1n) is 19.4. The van der Waals surface area contributed by atoms with E-state index in [-0.39, 0.29) is 29.1 Å². The Balaban J connectivity index is 1.32. The van der Waals surface area contributed by atoms with Crippen LogP contribution in [0.2, 0.25) is 0 Å². The summed E-state index contributed by atoms with van der Waals surface area (Å²) in [6.07, 6.45) is -1.44. The van der Waals surface area contributed by atoms with Gasteiger partial charge in [0, 0.05) is 40.8 Å². The Labute approximate surface area is 349 Å². The van der Waals surface area contributed by atoms with E-state index in [0.29, 0.717) is 28.1 Å². The van der Waals surface area contributed by atoms with Crippen LogP contribution in [-0.4, -0.2) is 79.6 Å². The number of methoxy groups -OCH3 is 1. The number of carbonyl (C=O) groups excluding carboxylic acids is 4. The lowest BCUT2D eigenvalue weighted by Gasteiger charge is -2.35. The van der Waals surface area contributed by atoms with Gasteiger partial charge in [-0.2, -0.15) is 0 Å². The molecule has 5 aromatic rings. The van der Waals surface area contributed by atoms with E-state index in [1.54, 1.807) is 72.9 Å². The second-order valence-corrected chi connectivity index (χ2v) is 18.2. The van der Waals surface area contributed by atoms with Gasteiger partial charge < -0.3 is 29.7 Å². The number of hydrogen-bond acceptors (Lipinski definition) is 10. The van der Waals surface area contributed by atoms with Gasteiger partial charge in [-0.05, 0) is 68.7 Å². The van der Waals surface area contributed by atoms with Gasteiger partial charge in [0.05, 0.1) is 29.8 Å². The molecule has 1 unspecified atom stereocenters. The SMILES string of the molecule is COc1ccc2c(O[C@@H]3CC(C(=O)Nc4cccc(C(=O)NS(=O)(=O)c5ccccc5)c4)N(C(=O)[C@@H](NC(=O)OC(C)(C)C)C(C)(C)C)C3)cc(-c3ccccc3)nc2c1. The third kappa shape index (κ3) is 10.4. The number of anilines is 1. The van der Waals surface area contributed by atoms with Gasteiger partial charge in [0.25, 0.3) is 15.9 Å². The van der Waals surface area contributed by atoms with Gasteiger partial charge >= 0.3 is 6.09 Å². The second kappa shape index (κ2) is 17.4. The minimum Gasteiger partial charge on any atom is -0.497 e. The van der Waals surface area contributed by atoms with Crippen molar-refractivity contribution in [1.82, 2.24) is 19.9 Å². The summed E-state index contributed by atoms with van der Waals surface area (Å²) < 4.78 is 45.5. The summed E-state index contributed by atoms with van der Waals surface area (Å²) >= 11 is 0. The first-order valence-corrected chi connectivity index (χ1v) is 20.8. The topological polar surface area (TPSA) is 182 Å². The molecule has 1 fully saturated rings. The van der Waals surface area contributed by atoms with Crippen LogP contribution in [0.4, 0.5) is 10.5 Å². The highest BCUT2D eigenvalue weighted by atomic mass is 32.2. The van der Waals surface area contributed by atoms with Crippen molar-refractivity contribution in [2.75, 3.05) is 19.0 Å². The van der Waals surface area contributed by atoms with E-state index in [1.165, 1.54) is 47.4 Å². The van der Waals surface area contributed by atoms with Crippen LogP contribution >= 0.6 is 0 Å². The molecule has 0 saturated carbocycles. The Morgan fingerprint density at radius 3 is 2.17 bits per heavy atom. The molecule has 1 aromatic heterocycles. The van der Waals surface area contributed by atoms with Gasteiger partial charge in [-0.25, -0.2) is 22.9 Å². The van der Waals surface area contributed by atoms with Crippen LogP contribution < -0.4 is 24.8 Å². The molecule has 60 heavy (non-hydrogen) atoms. The summed E-state index contributed by atoms with van der Waals surface area (Å²) in [7, 11) is -2.61. The van der Waals surface area contributed by atoms with Crippen molar-refractivity contribution in [3.63, 3.8) is 0 Å². The number of carbonyl (C=O) groups is 4. The fourth-order valence-electron chi connectivity index (χ4n) is 6.76. The van der Waals surface area contributed by atoms with Gasteiger partial charge in [0.15, 0.2) is 0 Å². The van der Waals surface area contributed by atoms with Crippen molar-refractivity contribution < 1.29 is 41.8 Å². The molecular formula is C45H49N5O9S. The molecule has 3 atom stereocenters. The Morgan fingerprint density at radius 1 is 0.833 bits per heavy atom. The first kappa shape index (κ1) is 43.1. The average molecular weight is 836 g/mol. The number of aromatic nitrogens is 1. The minimum absolute atomic E-state index is 0.0278. The number of amides is 4. The van der Waals surface area contributed by atoms with Crippen LogP contribution in [0, 0.1) is 5.41 Å². The Morgan fingerprint density at radius 2 is 1.52 bits per heavy atom. The number of ether oxygens (including phenoxy) is 3. The highest BCUT2D eigenvalue weighted by Crippen LogP contribution is 2.35. The van der Waals surface area contributed by atoms with Crippen LogP contribution in [0.15, 0.2) is 114 Å². The molecule has 0 spiro atoms. The molecule has 6 rings (SSSR count). The molecule has 15 heteroatoms. The fourth-order valence-corrected chi connectivity index (χ4v) is 7.75. The lowest BCUT2D eigenvalue weighted by molar-refractivity contribution is -0.140. The van der Waals surface area contributed by atoms with E-state index < -0.39 is 63.0 Å². The summed E-state index contributed by atoms with van der Waals surface area (Å²) in [6, 6.07) is 27.9. The summed E-state index contributed by atoms with van der Waals surface area (Å²) in [6.45, 7) is 10.5. The quantitative estimate of drug-likeness (QED) is 0.126. The highest BCUT2D eigenvalue weighted by Gasteiger charge is 2.46. The number of nitrogens with one attached hydrogen (secondary N) is 3. The number of pyridine rings is 1. The molecule has 1 aliphatic heterocycles. The van der Waals surface area contributed by atoms with E-state index >= 15 is 0 Å². The molecule has 14 nitrogen and oxygen atoms in total. The average Bonchev–Trinajstić information content (AvgIpc) is 3.63. The van der Waals surface area contributed by atoms with Crippen LogP contribution in [0.25, 0.3) is 22.2 Å². The van der Waals surface area contributed by atoms with Crippen LogP contribution in [-0.2, 0) is 24.3 Å². The van der Waals surface area contributed by atoms with E-state index in [9.17, 15) is 27.6 Å². The number of likely N-dealkylation sites (tertiary alicyclic amines) is 1. The van der Waals surface area contributed by atoms with Crippen molar-refractivity contribution >= 4 is 50.4 Å². The highest BCUT2D eigenvalue weighted by molar-refractivity contribution is 7.90. The maximum atomic E-state index is 14.7. The predicted octanol–water partition coefficient (Wildman–Crippen LogP) is 6.96. The molecule has 2 heterocycles. The summed E-state index contributed by atoms with van der Waals surface area (Å²) in [4.78, 5) is 61.4. The van der Waals surface area contributed by atoms with Crippen molar-refractivity contribution in [2.45, 2.75) is 76.6 Å². The molecule has 0 bridgehead atoms. The van der Waals surface area contributed by atoms with Crippen molar-refractivity contribution in [3.8, 4) is 22.8 Å². The number of alkyl carbamates (subject to hydrolysis) is 1. The minimum atomic E-state index is -4.17. The molecule has 314 valence electrons. The molecule has 1 saturated heterocycles. The molecule has 1 aliphatic rings. The third-order valence-electron chi connectivity index (χ3n) is 9.64. The summed E-state index contributed by atoms with van der Waals surface area (Å²) in [5, 5.41) is 6.23. The predicted molar refractivity (Wildman–Crippen MR) is 227 cm³/mol. The van der Waals surface area contributed by atoms with Crippen molar-refractivity contribution in [1.29, 1.82) is 0 Å². The zero-order valence-electron chi connectivity index (χ0n) is 34.5. The number of benzene rings is 4. The monoisotopic (exact) mass is 835 g/mol. The molecule has 4 aromatic carbocycles. The van der Waals surface area contributed by atoms with Gasteiger partial charge in [-0.15, -0.1) is 0 Å². The Hall–Kier alpha value is -6.48. The summed E-state index contributed by atoms with van der Waals surface area (Å²) in [5.41, 5.74) is 0.600. The van der Waals surface area contributed by atoms with E-state index in [2.05, 4.69) is 15.4 Å². The third-order valence-corrected chi connectivity index (χ3v) is 11.0. The Kier molecular flexibility index (Phi) is 12.5. The van der Waals surface area contributed by atoms with Crippen molar-refractivity contribution in [2.24, 2.45) is 5.41 Å². The zero-order chi connectivity index (χ0) is 43.4. The first-order chi connectivity index (χ1) is 28.3. The largest absolute Gasteiger partial charge is 0.497 e. The van der Waals surface area contributed by atoms with Crippen LogP contribution in [0.5, 0.6) is 11.5 Å². The smallest absolute Gasteiger partial charge is 0.408 e. The molecular weight excluding hydrogens is 787 g/mol. The molecule has 0 aliphatic carbocycles. The number of hydrogen-bond donors (Lipinski definition) is 3. The number of fused-ring (bicyclic) bond motifs is 1. The Bertz CT molecular complexity index is 2500. The number of rotatable bonds is 11.